The summed E-state index contributed by atoms with van der Waals surface area (Å²) in [6.45, 7) is 4.64. The van der Waals surface area contributed by atoms with Crippen LogP contribution in [0, 0.1) is 11.6 Å². The van der Waals surface area contributed by atoms with Crippen molar-refractivity contribution in [2.75, 3.05) is 32.7 Å². The topological polar surface area (TPSA) is 32.5 Å². The average Bonchev–Trinajstić information content (AvgIpc) is 3.09. The van der Waals surface area contributed by atoms with Crippen molar-refractivity contribution in [1.29, 1.82) is 0 Å². The molecule has 0 aliphatic carbocycles. The molecule has 3 rings (SSSR count). The van der Waals surface area contributed by atoms with Gasteiger partial charge in [0.05, 0.1) is 0 Å². The molecule has 2 aliphatic heterocycles. The lowest BCUT2D eigenvalue weighted by atomic mass is 10.1. The Kier molecular flexibility index (Phi) is 4.52. The van der Waals surface area contributed by atoms with Crippen molar-refractivity contribution < 1.29 is 8.78 Å². The summed E-state index contributed by atoms with van der Waals surface area (Å²) in [5.74, 6) is -1.06. The van der Waals surface area contributed by atoms with Crippen LogP contribution in [0.5, 0.6) is 0 Å². The minimum Gasteiger partial charge on any atom is -0.329 e. The Balaban J connectivity index is 1.71. The molecule has 0 spiro atoms. The molecule has 1 aromatic carbocycles. The summed E-state index contributed by atoms with van der Waals surface area (Å²) >= 11 is 0. The lowest BCUT2D eigenvalue weighted by Gasteiger charge is -2.29. The molecule has 0 saturated carbocycles. The second-order valence-electron chi connectivity index (χ2n) is 6.13. The molecule has 2 unspecified atom stereocenters. The van der Waals surface area contributed by atoms with Gasteiger partial charge in [-0.3, -0.25) is 9.80 Å². The number of benzene rings is 1. The largest absolute Gasteiger partial charge is 0.329 e. The Bertz CT molecular complexity index is 468. The summed E-state index contributed by atoms with van der Waals surface area (Å²) in [5.41, 5.74) is 6.53. The summed E-state index contributed by atoms with van der Waals surface area (Å²) in [6.07, 6.45) is 3.69. The Morgan fingerprint density at radius 2 is 1.76 bits per heavy atom. The van der Waals surface area contributed by atoms with E-state index in [2.05, 4.69) is 9.80 Å². The molecule has 0 aromatic heterocycles. The quantitative estimate of drug-likeness (QED) is 0.923. The number of hydrogen-bond acceptors (Lipinski definition) is 3. The molecule has 0 bridgehead atoms. The number of hydrogen-bond donors (Lipinski definition) is 1. The maximum Gasteiger partial charge on any atom is 0.126 e. The van der Waals surface area contributed by atoms with Gasteiger partial charge in [-0.25, -0.2) is 8.78 Å². The summed E-state index contributed by atoms with van der Waals surface area (Å²) in [7, 11) is 0. The van der Waals surface area contributed by atoms with Gasteiger partial charge >= 0.3 is 0 Å². The first kappa shape index (κ1) is 14.9. The van der Waals surface area contributed by atoms with E-state index >= 15 is 0 Å². The van der Waals surface area contributed by atoms with E-state index in [1.807, 2.05) is 0 Å². The van der Waals surface area contributed by atoms with Gasteiger partial charge in [0, 0.05) is 37.8 Å². The Hall–Kier alpha value is -1.04. The number of likely N-dealkylation sites (tertiary alicyclic amines) is 2. The number of nitrogens with zero attached hydrogens (tertiary/aromatic N) is 2. The fourth-order valence-corrected chi connectivity index (χ4v) is 3.72. The maximum atomic E-state index is 13.4. The van der Waals surface area contributed by atoms with Crippen molar-refractivity contribution in [1.82, 2.24) is 9.80 Å². The summed E-state index contributed by atoms with van der Waals surface area (Å²) in [5, 5.41) is 0. The molecule has 2 saturated heterocycles. The first-order valence-electron chi connectivity index (χ1n) is 7.81. The highest BCUT2D eigenvalue weighted by Gasteiger charge is 2.33. The molecule has 3 nitrogen and oxygen atoms in total. The third-order valence-corrected chi connectivity index (χ3v) is 4.79. The van der Waals surface area contributed by atoms with Crippen LogP contribution in [0.4, 0.5) is 8.78 Å². The Labute approximate surface area is 124 Å². The highest BCUT2D eigenvalue weighted by Crippen LogP contribution is 2.28. The van der Waals surface area contributed by atoms with E-state index in [1.165, 1.54) is 38.1 Å². The van der Waals surface area contributed by atoms with Gasteiger partial charge in [0.25, 0.3) is 0 Å². The van der Waals surface area contributed by atoms with E-state index in [1.54, 1.807) is 0 Å². The van der Waals surface area contributed by atoms with E-state index in [-0.39, 0.29) is 6.04 Å². The maximum absolute atomic E-state index is 13.4. The molecule has 2 atom stereocenters. The summed E-state index contributed by atoms with van der Waals surface area (Å²) < 4.78 is 26.9. The van der Waals surface area contributed by atoms with Crippen LogP contribution in [-0.2, 0) is 0 Å². The van der Waals surface area contributed by atoms with Gasteiger partial charge in [-0.05, 0) is 50.0 Å². The first-order valence-corrected chi connectivity index (χ1v) is 7.81. The predicted molar refractivity (Wildman–Crippen MR) is 78.9 cm³/mol. The molecule has 2 fully saturated rings. The Morgan fingerprint density at radius 1 is 1.10 bits per heavy atom. The van der Waals surface area contributed by atoms with Gasteiger partial charge < -0.3 is 5.73 Å². The molecule has 116 valence electrons. The van der Waals surface area contributed by atoms with Crippen LogP contribution in [0.2, 0.25) is 0 Å². The van der Waals surface area contributed by atoms with E-state index in [0.29, 0.717) is 18.2 Å². The van der Waals surface area contributed by atoms with Crippen molar-refractivity contribution in [2.24, 2.45) is 5.73 Å². The monoisotopic (exact) mass is 295 g/mol. The van der Waals surface area contributed by atoms with E-state index in [4.69, 9.17) is 5.73 Å². The fourth-order valence-electron chi connectivity index (χ4n) is 3.72. The van der Waals surface area contributed by atoms with Gasteiger partial charge in [0.2, 0.25) is 0 Å². The molecule has 0 radical (unpaired) electrons. The van der Waals surface area contributed by atoms with Crippen molar-refractivity contribution in [3.05, 3.63) is 35.4 Å². The fraction of sp³-hybridized carbons (Fsp3) is 0.625. The molecular weight excluding hydrogens is 272 g/mol. The van der Waals surface area contributed by atoms with E-state index in [0.717, 1.165) is 25.6 Å². The highest BCUT2D eigenvalue weighted by atomic mass is 19.1. The summed E-state index contributed by atoms with van der Waals surface area (Å²) in [6, 6.07) is 4.20. The summed E-state index contributed by atoms with van der Waals surface area (Å²) in [4.78, 5) is 4.82. The smallest absolute Gasteiger partial charge is 0.126 e. The number of rotatable bonds is 4. The molecule has 2 N–H and O–H groups in total. The average molecular weight is 295 g/mol. The zero-order valence-corrected chi connectivity index (χ0v) is 12.3. The number of halogens is 2. The van der Waals surface area contributed by atoms with Crippen molar-refractivity contribution in [3.63, 3.8) is 0 Å². The molecule has 0 amide bonds. The molecule has 2 heterocycles. The highest BCUT2D eigenvalue weighted by molar-refractivity contribution is 5.22. The van der Waals surface area contributed by atoms with E-state index < -0.39 is 11.6 Å². The minimum atomic E-state index is -0.529. The minimum absolute atomic E-state index is 0.0946. The molecule has 21 heavy (non-hydrogen) atoms. The SMILES string of the molecule is NCC(c1cc(F)cc(F)c1)N1CCC(N2CCCC2)C1. The first-order chi connectivity index (χ1) is 10.2. The third kappa shape index (κ3) is 3.25. The molecular formula is C16H23F2N3. The molecule has 5 heteroatoms. The van der Waals surface area contributed by atoms with Crippen molar-refractivity contribution in [2.45, 2.75) is 31.3 Å². The third-order valence-electron chi connectivity index (χ3n) is 4.79. The zero-order chi connectivity index (χ0) is 14.8. The molecule has 1 aromatic rings. The van der Waals surface area contributed by atoms with Crippen LogP contribution >= 0.6 is 0 Å². The van der Waals surface area contributed by atoms with Gasteiger partial charge in [-0.2, -0.15) is 0 Å². The zero-order valence-electron chi connectivity index (χ0n) is 12.3. The van der Waals surface area contributed by atoms with Gasteiger partial charge in [0.15, 0.2) is 0 Å². The van der Waals surface area contributed by atoms with Crippen LogP contribution < -0.4 is 5.73 Å². The van der Waals surface area contributed by atoms with Gasteiger partial charge in [0.1, 0.15) is 11.6 Å². The Morgan fingerprint density at radius 3 is 2.38 bits per heavy atom. The van der Waals surface area contributed by atoms with Crippen molar-refractivity contribution >= 4 is 0 Å². The lowest BCUT2D eigenvalue weighted by Crippen LogP contribution is -2.38. The molecule has 2 aliphatic rings. The lowest BCUT2D eigenvalue weighted by molar-refractivity contribution is 0.202. The van der Waals surface area contributed by atoms with Crippen LogP contribution in [-0.4, -0.2) is 48.6 Å². The standard InChI is InChI=1S/C16H23F2N3/c17-13-7-12(8-14(18)9-13)16(10-19)21-6-3-15(11-21)20-4-1-2-5-20/h7-9,15-16H,1-6,10-11,19H2. The predicted octanol–water partition coefficient (Wildman–Crippen LogP) is 2.13. The number of nitrogens with two attached hydrogens (primary N) is 1. The second kappa shape index (κ2) is 6.38. The van der Waals surface area contributed by atoms with Crippen molar-refractivity contribution in [3.8, 4) is 0 Å². The normalized spacial score (nSPS) is 25.6. The van der Waals surface area contributed by atoms with Crippen LogP contribution in [0.25, 0.3) is 0 Å². The second-order valence-corrected chi connectivity index (χ2v) is 6.13. The van der Waals surface area contributed by atoms with Gasteiger partial charge in [-0.1, -0.05) is 0 Å². The van der Waals surface area contributed by atoms with Crippen LogP contribution in [0.3, 0.4) is 0 Å². The van der Waals surface area contributed by atoms with E-state index in [9.17, 15) is 8.78 Å². The van der Waals surface area contributed by atoms with Crippen LogP contribution in [0.1, 0.15) is 30.9 Å². The van der Waals surface area contributed by atoms with Gasteiger partial charge in [-0.15, -0.1) is 0 Å². The van der Waals surface area contributed by atoms with Crippen LogP contribution in [0.15, 0.2) is 18.2 Å².